The molecule has 0 saturated carbocycles. The highest BCUT2D eigenvalue weighted by Crippen LogP contribution is 2.18. The minimum absolute atomic E-state index is 0.288. The minimum atomic E-state index is -1.66. The molecule has 0 spiro atoms. The number of ether oxygens (including phenoxy) is 2. The molecule has 0 aliphatic carbocycles. The van der Waals surface area contributed by atoms with E-state index in [0.717, 1.165) is 16.9 Å². The third-order valence-electron chi connectivity index (χ3n) is 3.86. The van der Waals surface area contributed by atoms with Gasteiger partial charge in [-0.25, -0.2) is 4.79 Å². The van der Waals surface area contributed by atoms with Crippen LogP contribution in [0.25, 0.3) is 0 Å². The summed E-state index contributed by atoms with van der Waals surface area (Å²) in [5.74, 6) is 3.22. The van der Waals surface area contributed by atoms with Gasteiger partial charge in [-0.1, -0.05) is 68.0 Å². The maximum atomic E-state index is 12.2. The van der Waals surface area contributed by atoms with E-state index in [1.165, 1.54) is 7.11 Å². The van der Waals surface area contributed by atoms with Crippen LogP contribution in [-0.2, 0) is 22.6 Å². The number of methoxy groups -OCH3 is 1. The Balaban J connectivity index is 2.09. The maximum Gasteiger partial charge on any atom is 0.338 e. The van der Waals surface area contributed by atoms with E-state index >= 15 is 0 Å². The molecular weight excluding hydrogens is 354 g/mol. The van der Waals surface area contributed by atoms with E-state index in [0.29, 0.717) is 6.61 Å². The standard InChI is InChI=1S/C22H27NO3Si/c1-25-21(24)22(23,14-15-27(2,3)4)16-18-10-12-20(13-11-18)26-17-19-8-6-5-7-9-19/h5-13H,16-17,23H2,1-4H3. The average molecular weight is 382 g/mol. The minimum Gasteiger partial charge on any atom is -0.489 e. The van der Waals surface area contributed by atoms with Crippen LogP contribution in [0.4, 0.5) is 0 Å². The monoisotopic (exact) mass is 381 g/mol. The Kier molecular flexibility index (Phi) is 6.84. The zero-order chi connectivity index (χ0) is 19.9. The van der Waals surface area contributed by atoms with Gasteiger partial charge in [-0.2, -0.15) is 0 Å². The van der Waals surface area contributed by atoms with Crippen LogP contribution < -0.4 is 10.5 Å². The molecule has 142 valence electrons. The van der Waals surface area contributed by atoms with Crippen molar-refractivity contribution in [1.29, 1.82) is 0 Å². The smallest absolute Gasteiger partial charge is 0.338 e. The largest absolute Gasteiger partial charge is 0.489 e. The predicted octanol–water partition coefficient (Wildman–Crippen LogP) is 3.56. The number of carbonyl (C=O) groups is 1. The molecule has 0 aliphatic heterocycles. The van der Waals surface area contributed by atoms with Crippen molar-refractivity contribution in [3.63, 3.8) is 0 Å². The second kappa shape index (κ2) is 8.89. The maximum absolute atomic E-state index is 12.2. The highest BCUT2D eigenvalue weighted by molar-refractivity contribution is 6.83. The molecule has 0 amide bonds. The number of hydrogen-bond donors (Lipinski definition) is 1. The first-order valence-electron chi connectivity index (χ1n) is 8.89. The van der Waals surface area contributed by atoms with Gasteiger partial charge in [0, 0.05) is 6.42 Å². The molecule has 0 fully saturated rings. The van der Waals surface area contributed by atoms with E-state index in [4.69, 9.17) is 15.2 Å². The topological polar surface area (TPSA) is 61.5 Å². The Morgan fingerprint density at radius 3 is 2.22 bits per heavy atom. The van der Waals surface area contributed by atoms with Crippen LogP contribution in [0.1, 0.15) is 11.1 Å². The van der Waals surface area contributed by atoms with Gasteiger partial charge in [-0.15, -0.1) is 5.54 Å². The summed E-state index contributed by atoms with van der Waals surface area (Å²) in [6.07, 6.45) is 0.288. The molecular formula is C22H27NO3Si. The van der Waals surface area contributed by atoms with E-state index < -0.39 is 19.6 Å². The van der Waals surface area contributed by atoms with E-state index in [-0.39, 0.29) is 6.42 Å². The molecule has 4 nitrogen and oxygen atoms in total. The number of carbonyl (C=O) groups excluding carboxylic acids is 1. The third-order valence-corrected chi connectivity index (χ3v) is 4.74. The van der Waals surface area contributed by atoms with Gasteiger partial charge in [0.1, 0.15) is 20.4 Å². The number of hydrogen-bond acceptors (Lipinski definition) is 4. The molecule has 0 aromatic heterocycles. The molecule has 0 saturated heterocycles. The zero-order valence-corrected chi connectivity index (χ0v) is 17.4. The first kappa shape index (κ1) is 20.8. The van der Waals surface area contributed by atoms with Crippen LogP contribution in [0.5, 0.6) is 5.75 Å². The SMILES string of the molecule is COC(=O)C(N)(C#C[Si](C)(C)C)Cc1ccc(OCc2ccccc2)cc1. The summed E-state index contributed by atoms with van der Waals surface area (Å²) in [7, 11) is -0.330. The summed E-state index contributed by atoms with van der Waals surface area (Å²) in [5.41, 5.74) is 10.2. The fraction of sp³-hybridized carbons (Fsp3) is 0.318. The number of esters is 1. The first-order chi connectivity index (χ1) is 12.7. The van der Waals surface area contributed by atoms with Crippen molar-refractivity contribution >= 4 is 14.0 Å². The van der Waals surface area contributed by atoms with Gasteiger partial charge in [0.05, 0.1) is 7.11 Å². The number of benzene rings is 2. The molecule has 2 aromatic carbocycles. The van der Waals surface area contributed by atoms with E-state index in [9.17, 15) is 4.79 Å². The molecule has 0 bridgehead atoms. The summed E-state index contributed by atoms with van der Waals surface area (Å²) < 4.78 is 10.7. The van der Waals surface area contributed by atoms with Crippen molar-refractivity contribution in [3.8, 4) is 17.2 Å². The normalized spacial score (nSPS) is 13.1. The molecule has 2 aromatic rings. The molecule has 5 heteroatoms. The summed E-state index contributed by atoms with van der Waals surface area (Å²) in [4.78, 5) is 12.2. The summed E-state index contributed by atoms with van der Waals surface area (Å²) >= 11 is 0. The Morgan fingerprint density at radius 2 is 1.67 bits per heavy atom. The molecule has 0 aliphatic rings. The van der Waals surface area contributed by atoms with Crippen LogP contribution in [0.3, 0.4) is 0 Å². The van der Waals surface area contributed by atoms with E-state index in [1.807, 2.05) is 54.6 Å². The average Bonchev–Trinajstić information content (AvgIpc) is 2.65. The molecule has 0 radical (unpaired) electrons. The Hall–Kier alpha value is -2.55. The fourth-order valence-corrected chi connectivity index (χ4v) is 3.01. The molecule has 2 N–H and O–H groups in total. The Labute approximate surface area is 162 Å². The van der Waals surface area contributed by atoms with Crippen molar-refractivity contribution in [1.82, 2.24) is 0 Å². The summed E-state index contributed by atoms with van der Waals surface area (Å²) in [6, 6.07) is 17.5. The zero-order valence-electron chi connectivity index (χ0n) is 16.4. The van der Waals surface area contributed by atoms with Crippen molar-refractivity contribution in [3.05, 3.63) is 65.7 Å². The number of nitrogens with two attached hydrogens (primary N) is 1. The molecule has 0 heterocycles. The lowest BCUT2D eigenvalue weighted by Gasteiger charge is -2.21. The van der Waals surface area contributed by atoms with Crippen molar-refractivity contribution in [2.24, 2.45) is 5.73 Å². The molecule has 2 rings (SSSR count). The highest BCUT2D eigenvalue weighted by Gasteiger charge is 2.34. The highest BCUT2D eigenvalue weighted by atomic mass is 28.3. The van der Waals surface area contributed by atoms with Gasteiger partial charge < -0.3 is 15.2 Å². The molecule has 1 unspecified atom stereocenters. The van der Waals surface area contributed by atoms with Crippen LogP contribution in [-0.4, -0.2) is 26.7 Å². The number of rotatable bonds is 6. The predicted molar refractivity (Wildman–Crippen MR) is 111 cm³/mol. The van der Waals surface area contributed by atoms with E-state index in [1.54, 1.807) is 0 Å². The Bertz CT molecular complexity index is 817. The summed E-state index contributed by atoms with van der Waals surface area (Å²) in [5, 5.41) is 0. The lowest BCUT2D eigenvalue weighted by atomic mass is 9.93. The quantitative estimate of drug-likeness (QED) is 0.472. The Morgan fingerprint density at radius 1 is 1.04 bits per heavy atom. The van der Waals surface area contributed by atoms with Gasteiger partial charge >= 0.3 is 5.97 Å². The first-order valence-corrected chi connectivity index (χ1v) is 12.4. The van der Waals surface area contributed by atoms with Crippen LogP contribution >= 0.6 is 0 Å². The van der Waals surface area contributed by atoms with Crippen molar-refractivity contribution in [2.75, 3.05) is 7.11 Å². The van der Waals surface area contributed by atoms with E-state index in [2.05, 4.69) is 31.1 Å². The molecule has 27 heavy (non-hydrogen) atoms. The third kappa shape index (κ3) is 6.59. The second-order valence-electron chi connectivity index (χ2n) is 7.56. The van der Waals surface area contributed by atoms with Gasteiger partial charge in [-0.3, -0.25) is 0 Å². The van der Waals surface area contributed by atoms with Gasteiger partial charge in [0.25, 0.3) is 0 Å². The van der Waals surface area contributed by atoms with Gasteiger partial charge in [-0.05, 0) is 23.3 Å². The van der Waals surface area contributed by atoms with Gasteiger partial charge in [0.2, 0.25) is 0 Å². The van der Waals surface area contributed by atoms with Crippen molar-refractivity contribution in [2.45, 2.75) is 38.2 Å². The fourth-order valence-electron chi connectivity index (χ4n) is 2.41. The van der Waals surface area contributed by atoms with Crippen LogP contribution in [0, 0.1) is 11.5 Å². The van der Waals surface area contributed by atoms with Crippen LogP contribution in [0.2, 0.25) is 19.6 Å². The van der Waals surface area contributed by atoms with Crippen LogP contribution in [0.15, 0.2) is 54.6 Å². The lowest BCUT2D eigenvalue weighted by Crippen LogP contribution is -2.50. The van der Waals surface area contributed by atoms with Crippen molar-refractivity contribution < 1.29 is 14.3 Å². The lowest BCUT2D eigenvalue weighted by molar-refractivity contribution is -0.144. The second-order valence-corrected chi connectivity index (χ2v) is 12.3. The molecule has 1 atom stereocenters. The summed E-state index contributed by atoms with van der Waals surface area (Å²) in [6.45, 7) is 6.83. The van der Waals surface area contributed by atoms with Gasteiger partial charge in [0.15, 0.2) is 5.54 Å².